The quantitative estimate of drug-likeness (QED) is 0.483. The fraction of sp³-hybridized carbons (Fsp3) is 0.393. The van der Waals surface area contributed by atoms with E-state index in [2.05, 4.69) is 10.4 Å². The topological polar surface area (TPSA) is 94.9 Å². The van der Waals surface area contributed by atoms with Crippen molar-refractivity contribution in [3.8, 4) is 5.75 Å². The minimum atomic E-state index is -0.542. The summed E-state index contributed by atoms with van der Waals surface area (Å²) in [7, 11) is 0. The molecule has 200 valence electrons. The molecular weight excluding hydrogens is 508 g/mol. The molecule has 1 atom stereocenters. The van der Waals surface area contributed by atoms with E-state index in [1.54, 1.807) is 9.58 Å². The Kier molecular flexibility index (Phi) is 8.26. The Hall–Kier alpha value is -3.40. The van der Waals surface area contributed by atoms with Gasteiger partial charge >= 0.3 is 0 Å². The lowest BCUT2D eigenvalue weighted by atomic mass is 10.0. The lowest BCUT2D eigenvalue weighted by Gasteiger charge is -2.35. The molecule has 1 N–H and O–H groups in total. The Bertz CT molecular complexity index is 1270. The zero-order chi connectivity index (χ0) is 26.5. The number of anilines is 1. The first-order chi connectivity index (χ1) is 18.5. The number of piperidine rings is 1. The molecule has 2 aromatic carbocycles. The van der Waals surface area contributed by atoms with Crippen LogP contribution in [0.15, 0.2) is 54.7 Å². The summed E-state index contributed by atoms with van der Waals surface area (Å²) in [4.78, 5) is 27.9. The molecule has 9 nitrogen and oxygen atoms in total. The van der Waals surface area contributed by atoms with Crippen molar-refractivity contribution in [3.05, 3.63) is 76.6 Å². The number of hydrogen-bond acceptors (Lipinski definition) is 6. The van der Waals surface area contributed by atoms with E-state index in [1.165, 1.54) is 6.20 Å². The monoisotopic (exact) mass is 538 g/mol. The van der Waals surface area contributed by atoms with Crippen LogP contribution in [0.2, 0.25) is 5.02 Å². The van der Waals surface area contributed by atoms with Gasteiger partial charge in [0.15, 0.2) is 6.10 Å². The summed E-state index contributed by atoms with van der Waals surface area (Å²) in [5.74, 6) is 0.338. The van der Waals surface area contributed by atoms with Crippen molar-refractivity contribution in [3.63, 3.8) is 0 Å². The van der Waals surface area contributed by atoms with Crippen LogP contribution in [-0.2, 0) is 20.9 Å². The van der Waals surface area contributed by atoms with Gasteiger partial charge in [-0.25, -0.2) is 0 Å². The molecule has 0 saturated carbocycles. The number of likely N-dealkylation sites (tertiary alicyclic amines) is 1. The number of ether oxygens (including phenoxy) is 3. The fourth-order valence-corrected chi connectivity index (χ4v) is 5.00. The van der Waals surface area contributed by atoms with Gasteiger partial charge in [-0.3, -0.25) is 14.3 Å². The first-order valence-corrected chi connectivity index (χ1v) is 13.2. The molecule has 1 unspecified atom stereocenters. The molecule has 38 heavy (non-hydrogen) atoms. The van der Waals surface area contributed by atoms with Gasteiger partial charge in [0, 0.05) is 18.8 Å². The van der Waals surface area contributed by atoms with Gasteiger partial charge in [-0.05, 0) is 49.1 Å². The number of nitrogens with zero attached hydrogens (tertiary/aromatic N) is 3. The summed E-state index contributed by atoms with van der Waals surface area (Å²) in [5.41, 5.74) is 2.93. The van der Waals surface area contributed by atoms with Crippen LogP contribution in [0.25, 0.3) is 0 Å². The number of nitrogens with one attached hydrogen (secondary N) is 1. The van der Waals surface area contributed by atoms with Crippen molar-refractivity contribution in [2.75, 3.05) is 38.2 Å². The van der Waals surface area contributed by atoms with Crippen molar-refractivity contribution in [1.29, 1.82) is 0 Å². The predicted molar refractivity (Wildman–Crippen MR) is 143 cm³/mol. The lowest BCUT2D eigenvalue weighted by molar-refractivity contribution is -0.159. The Balaban J connectivity index is 1.21. The minimum Gasteiger partial charge on any atom is -0.489 e. The Morgan fingerprint density at radius 3 is 2.63 bits per heavy atom. The van der Waals surface area contributed by atoms with Crippen LogP contribution in [0.3, 0.4) is 0 Å². The zero-order valence-corrected chi connectivity index (χ0v) is 22.0. The summed E-state index contributed by atoms with van der Waals surface area (Å²) in [6.07, 6.45) is 2.27. The second-order valence-electron chi connectivity index (χ2n) is 9.48. The van der Waals surface area contributed by atoms with Crippen LogP contribution in [-0.4, -0.2) is 65.5 Å². The summed E-state index contributed by atoms with van der Waals surface area (Å²) in [6, 6.07) is 15.4. The van der Waals surface area contributed by atoms with E-state index in [0.29, 0.717) is 57.1 Å². The van der Waals surface area contributed by atoms with Gasteiger partial charge in [0.1, 0.15) is 18.1 Å². The maximum atomic E-state index is 13.3. The van der Waals surface area contributed by atoms with E-state index in [0.717, 1.165) is 16.9 Å². The summed E-state index contributed by atoms with van der Waals surface area (Å²) in [6.45, 7) is 4.71. The maximum absolute atomic E-state index is 13.3. The molecule has 0 radical (unpaired) electrons. The predicted octanol–water partition coefficient (Wildman–Crippen LogP) is 4.26. The highest BCUT2D eigenvalue weighted by Crippen LogP contribution is 2.29. The molecule has 3 heterocycles. The number of carbonyl (C=O) groups is 2. The molecule has 0 spiro atoms. The average Bonchev–Trinajstić information content (AvgIpc) is 3.35. The zero-order valence-electron chi connectivity index (χ0n) is 21.3. The molecule has 10 heteroatoms. The van der Waals surface area contributed by atoms with Crippen LogP contribution in [0.5, 0.6) is 5.75 Å². The van der Waals surface area contributed by atoms with Gasteiger partial charge in [-0.15, -0.1) is 0 Å². The van der Waals surface area contributed by atoms with Gasteiger partial charge in [-0.1, -0.05) is 41.9 Å². The number of rotatable bonds is 7. The van der Waals surface area contributed by atoms with E-state index in [-0.39, 0.29) is 29.5 Å². The first-order valence-electron chi connectivity index (χ1n) is 12.8. The highest BCUT2D eigenvalue weighted by molar-refractivity contribution is 6.34. The van der Waals surface area contributed by atoms with Crippen molar-refractivity contribution < 1.29 is 23.8 Å². The first kappa shape index (κ1) is 26.2. The second-order valence-corrected chi connectivity index (χ2v) is 9.89. The normalized spacial score (nSPS) is 18.3. The van der Waals surface area contributed by atoms with Gasteiger partial charge in [-0.2, -0.15) is 5.10 Å². The number of aryl methyl sites for hydroxylation is 1. The molecule has 2 aliphatic heterocycles. The van der Waals surface area contributed by atoms with Crippen LogP contribution < -0.4 is 10.1 Å². The molecule has 5 rings (SSSR count). The number of carbonyl (C=O) groups excluding carboxylic acids is 2. The van der Waals surface area contributed by atoms with E-state index >= 15 is 0 Å². The molecule has 1 aromatic heterocycles. The van der Waals surface area contributed by atoms with Crippen LogP contribution >= 0.6 is 11.6 Å². The van der Waals surface area contributed by atoms with Crippen molar-refractivity contribution >= 4 is 29.1 Å². The van der Waals surface area contributed by atoms with Crippen molar-refractivity contribution in [1.82, 2.24) is 14.7 Å². The van der Waals surface area contributed by atoms with Gasteiger partial charge < -0.3 is 24.4 Å². The molecule has 2 saturated heterocycles. The molecule has 0 aliphatic carbocycles. The van der Waals surface area contributed by atoms with Crippen LogP contribution in [0.1, 0.15) is 40.5 Å². The van der Waals surface area contributed by atoms with Gasteiger partial charge in [0.05, 0.1) is 37.1 Å². The number of hydrogen-bond donors (Lipinski definition) is 1. The summed E-state index contributed by atoms with van der Waals surface area (Å²) in [5, 5.41) is 7.66. The fourth-order valence-electron chi connectivity index (χ4n) is 4.78. The highest BCUT2D eigenvalue weighted by Gasteiger charge is 2.32. The van der Waals surface area contributed by atoms with Crippen molar-refractivity contribution in [2.24, 2.45) is 0 Å². The molecule has 3 aromatic rings. The standard InChI is InChI=1S/C28H31ClN4O5/c1-19-15-22(38-17-20-5-3-2-4-6-20)7-8-24(19)31-27(34)26-23(29)16-30-33(26)21-9-11-32(12-10-21)28(35)25-18-36-13-14-37-25/h2-8,15-16,21,25H,9-14,17-18H2,1H3,(H,31,34). The number of halogens is 1. The third-order valence-corrected chi connectivity index (χ3v) is 7.15. The lowest BCUT2D eigenvalue weighted by Crippen LogP contribution is -2.48. The van der Waals surface area contributed by atoms with Gasteiger partial charge in [0.2, 0.25) is 0 Å². The molecular formula is C28H31ClN4O5. The number of aromatic nitrogens is 2. The Labute approximate surface area is 226 Å². The van der Waals surface area contributed by atoms with Crippen molar-refractivity contribution in [2.45, 2.75) is 38.5 Å². The summed E-state index contributed by atoms with van der Waals surface area (Å²) < 4.78 is 18.5. The third kappa shape index (κ3) is 6.01. The third-order valence-electron chi connectivity index (χ3n) is 6.87. The highest BCUT2D eigenvalue weighted by atomic mass is 35.5. The largest absolute Gasteiger partial charge is 0.489 e. The van der Waals surface area contributed by atoms with E-state index < -0.39 is 6.10 Å². The van der Waals surface area contributed by atoms with Crippen LogP contribution in [0, 0.1) is 6.92 Å². The molecule has 2 aliphatic rings. The van der Waals surface area contributed by atoms with E-state index in [4.69, 9.17) is 25.8 Å². The Morgan fingerprint density at radius 1 is 1.13 bits per heavy atom. The average molecular weight is 539 g/mol. The minimum absolute atomic E-state index is 0.0497. The molecule has 2 fully saturated rings. The maximum Gasteiger partial charge on any atom is 0.275 e. The number of amides is 2. The van der Waals surface area contributed by atoms with Gasteiger partial charge in [0.25, 0.3) is 11.8 Å². The van der Waals surface area contributed by atoms with E-state index in [1.807, 2.05) is 55.5 Å². The number of benzene rings is 2. The molecule has 2 amide bonds. The second kappa shape index (κ2) is 12.0. The smallest absolute Gasteiger partial charge is 0.275 e. The Morgan fingerprint density at radius 2 is 1.92 bits per heavy atom. The SMILES string of the molecule is Cc1cc(OCc2ccccc2)ccc1NC(=O)c1c(Cl)cnn1C1CCN(C(=O)C2COCCO2)CC1. The van der Waals surface area contributed by atoms with Crippen LogP contribution in [0.4, 0.5) is 5.69 Å². The van der Waals surface area contributed by atoms with E-state index in [9.17, 15) is 9.59 Å². The summed E-state index contributed by atoms with van der Waals surface area (Å²) >= 11 is 6.41. The molecule has 0 bridgehead atoms.